The Kier molecular flexibility index (Phi) is 4.25. The Labute approximate surface area is 104 Å². The van der Waals surface area contributed by atoms with E-state index in [4.69, 9.17) is 4.74 Å². The zero-order valence-electron chi connectivity index (χ0n) is 9.99. The Balaban J connectivity index is 1.91. The molecular weight excluding hydrogens is 240 g/mol. The van der Waals surface area contributed by atoms with Crippen LogP contribution in [0.2, 0.25) is 0 Å². The van der Waals surface area contributed by atoms with E-state index < -0.39 is 17.2 Å². The highest BCUT2D eigenvalue weighted by Crippen LogP contribution is 2.19. The van der Waals surface area contributed by atoms with Gasteiger partial charge in [0.05, 0.1) is 5.56 Å². The van der Waals surface area contributed by atoms with Crippen LogP contribution in [0.4, 0.5) is 8.78 Å². The molecule has 18 heavy (non-hydrogen) atoms. The lowest BCUT2D eigenvalue weighted by atomic mass is 10.2. The van der Waals surface area contributed by atoms with Crippen molar-refractivity contribution < 1.29 is 18.3 Å². The molecule has 1 aromatic carbocycles. The number of hydrogen-bond donors (Lipinski definition) is 0. The van der Waals surface area contributed by atoms with Crippen molar-refractivity contribution in [3.63, 3.8) is 0 Å². The van der Waals surface area contributed by atoms with E-state index >= 15 is 0 Å². The number of halogens is 2. The van der Waals surface area contributed by atoms with Gasteiger partial charge in [-0.1, -0.05) is 0 Å². The molecule has 0 spiro atoms. The molecule has 0 atom stereocenters. The fourth-order valence-electron chi connectivity index (χ4n) is 2.06. The summed E-state index contributed by atoms with van der Waals surface area (Å²) in [7, 11) is 0. The maximum absolute atomic E-state index is 13.3. The predicted octanol–water partition coefficient (Wildman–Crippen LogP) is 2.25. The monoisotopic (exact) mass is 255 g/mol. The van der Waals surface area contributed by atoms with E-state index in [1.807, 2.05) is 0 Å². The first-order valence-electron chi connectivity index (χ1n) is 6.00. The molecule has 0 saturated carbocycles. The van der Waals surface area contributed by atoms with Gasteiger partial charge in [-0.05, 0) is 25.9 Å². The summed E-state index contributed by atoms with van der Waals surface area (Å²) in [6.45, 7) is 3.24. The molecular formula is C13H15F2NO2. The fraction of sp³-hybridized carbons (Fsp3) is 0.462. The predicted molar refractivity (Wildman–Crippen MR) is 62.9 cm³/mol. The Morgan fingerprint density at radius 1 is 1.22 bits per heavy atom. The van der Waals surface area contributed by atoms with Crippen molar-refractivity contribution >= 4 is 6.29 Å². The number of aldehydes is 1. The van der Waals surface area contributed by atoms with Gasteiger partial charge in [-0.3, -0.25) is 9.69 Å². The second-order valence-corrected chi connectivity index (χ2v) is 4.32. The van der Waals surface area contributed by atoms with Gasteiger partial charge < -0.3 is 4.74 Å². The molecule has 1 aliphatic rings. The summed E-state index contributed by atoms with van der Waals surface area (Å²) in [6.07, 6.45) is 2.55. The topological polar surface area (TPSA) is 29.5 Å². The maximum Gasteiger partial charge on any atom is 0.155 e. The van der Waals surface area contributed by atoms with E-state index in [0.717, 1.165) is 31.8 Å². The molecule has 1 aliphatic heterocycles. The average Bonchev–Trinajstić information content (AvgIpc) is 2.82. The van der Waals surface area contributed by atoms with Gasteiger partial charge >= 0.3 is 0 Å². The van der Waals surface area contributed by atoms with Crippen LogP contribution in [0, 0.1) is 11.6 Å². The van der Waals surface area contributed by atoms with E-state index in [9.17, 15) is 13.6 Å². The van der Waals surface area contributed by atoms with Gasteiger partial charge in [-0.25, -0.2) is 8.78 Å². The highest BCUT2D eigenvalue weighted by atomic mass is 19.1. The molecule has 98 valence electrons. The van der Waals surface area contributed by atoms with Crippen LogP contribution in [-0.4, -0.2) is 37.4 Å². The minimum atomic E-state index is -0.888. The number of carbonyl (C=O) groups excluding carboxylic acids is 1. The van der Waals surface area contributed by atoms with Gasteiger partial charge in [-0.15, -0.1) is 0 Å². The summed E-state index contributed by atoms with van der Waals surface area (Å²) >= 11 is 0. The van der Waals surface area contributed by atoms with E-state index in [1.54, 1.807) is 0 Å². The van der Waals surface area contributed by atoms with Gasteiger partial charge in [0, 0.05) is 18.7 Å². The molecule has 1 heterocycles. The van der Waals surface area contributed by atoms with E-state index in [2.05, 4.69) is 4.90 Å². The number of rotatable bonds is 5. The van der Waals surface area contributed by atoms with Crippen molar-refractivity contribution in [2.45, 2.75) is 12.8 Å². The Hall–Kier alpha value is -1.49. The molecule has 0 unspecified atom stereocenters. The Morgan fingerprint density at radius 3 is 2.39 bits per heavy atom. The summed E-state index contributed by atoms with van der Waals surface area (Å²) < 4.78 is 31.8. The SMILES string of the molecule is O=Cc1c(F)cc(OCCN2CCCC2)cc1F. The molecule has 0 amide bonds. The summed E-state index contributed by atoms with van der Waals surface area (Å²) in [6, 6.07) is 2.08. The third kappa shape index (κ3) is 3.04. The second-order valence-electron chi connectivity index (χ2n) is 4.32. The van der Waals surface area contributed by atoms with Crippen LogP contribution >= 0.6 is 0 Å². The van der Waals surface area contributed by atoms with Crippen LogP contribution in [-0.2, 0) is 0 Å². The second kappa shape index (κ2) is 5.91. The molecule has 5 heteroatoms. The minimum Gasteiger partial charge on any atom is -0.492 e. The largest absolute Gasteiger partial charge is 0.492 e. The summed E-state index contributed by atoms with van der Waals surface area (Å²) in [5.74, 6) is -1.66. The van der Waals surface area contributed by atoms with E-state index in [-0.39, 0.29) is 12.0 Å². The quantitative estimate of drug-likeness (QED) is 0.756. The van der Waals surface area contributed by atoms with Crippen LogP contribution < -0.4 is 4.74 Å². The Bertz CT molecular complexity index is 408. The number of likely N-dealkylation sites (tertiary alicyclic amines) is 1. The molecule has 3 nitrogen and oxygen atoms in total. The summed E-state index contributed by atoms with van der Waals surface area (Å²) in [5.41, 5.74) is -0.554. The molecule has 0 aliphatic carbocycles. The van der Waals surface area contributed by atoms with Gasteiger partial charge in [0.25, 0.3) is 0 Å². The third-order valence-electron chi connectivity index (χ3n) is 3.05. The van der Waals surface area contributed by atoms with Crippen LogP contribution in [0.3, 0.4) is 0 Å². The molecule has 2 rings (SSSR count). The van der Waals surface area contributed by atoms with Crippen molar-refractivity contribution in [2.24, 2.45) is 0 Å². The summed E-state index contributed by atoms with van der Waals surface area (Å²) in [4.78, 5) is 12.7. The van der Waals surface area contributed by atoms with Crippen LogP contribution in [0.1, 0.15) is 23.2 Å². The van der Waals surface area contributed by atoms with E-state index in [1.165, 1.54) is 12.8 Å². The number of carbonyl (C=O) groups is 1. The molecule has 0 bridgehead atoms. The summed E-state index contributed by atoms with van der Waals surface area (Å²) in [5, 5.41) is 0. The van der Waals surface area contributed by atoms with Gasteiger partial charge in [-0.2, -0.15) is 0 Å². The first-order chi connectivity index (χ1) is 8.70. The highest BCUT2D eigenvalue weighted by Gasteiger charge is 2.13. The van der Waals surface area contributed by atoms with Gasteiger partial charge in [0.1, 0.15) is 24.0 Å². The van der Waals surface area contributed by atoms with E-state index in [0.29, 0.717) is 6.61 Å². The number of ether oxygens (including phenoxy) is 1. The lowest BCUT2D eigenvalue weighted by molar-refractivity contribution is 0.111. The van der Waals surface area contributed by atoms with Crippen LogP contribution in [0.5, 0.6) is 5.75 Å². The number of nitrogens with zero attached hydrogens (tertiary/aromatic N) is 1. The fourth-order valence-corrected chi connectivity index (χ4v) is 2.06. The highest BCUT2D eigenvalue weighted by molar-refractivity contribution is 5.75. The first-order valence-corrected chi connectivity index (χ1v) is 6.00. The lowest BCUT2D eigenvalue weighted by Gasteiger charge is -2.15. The lowest BCUT2D eigenvalue weighted by Crippen LogP contribution is -2.25. The Morgan fingerprint density at radius 2 is 1.83 bits per heavy atom. The van der Waals surface area contributed by atoms with Gasteiger partial charge in [0.15, 0.2) is 6.29 Å². The number of benzene rings is 1. The number of hydrogen-bond acceptors (Lipinski definition) is 3. The average molecular weight is 255 g/mol. The van der Waals surface area contributed by atoms with Crippen LogP contribution in [0.15, 0.2) is 12.1 Å². The maximum atomic E-state index is 13.3. The molecule has 1 aromatic rings. The molecule has 0 radical (unpaired) electrons. The third-order valence-corrected chi connectivity index (χ3v) is 3.05. The normalized spacial score (nSPS) is 15.9. The zero-order valence-corrected chi connectivity index (χ0v) is 9.99. The smallest absolute Gasteiger partial charge is 0.155 e. The first kappa shape index (κ1) is 13.0. The van der Waals surface area contributed by atoms with Crippen molar-refractivity contribution in [1.82, 2.24) is 4.90 Å². The van der Waals surface area contributed by atoms with Crippen molar-refractivity contribution in [1.29, 1.82) is 0 Å². The standard InChI is InChI=1S/C13H15F2NO2/c14-12-7-10(8-13(15)11(12)9-17)18-6-5-16-3-1-2-4-16/h7-9H,1-6H2. The molecule has 1 saturated heterocycles. The van der Waals surface area contributed by atoms with Crippen molar-refractivity contribution in [3.05, 3.63) is 29.3 Å². The van der Waals surface area contributed by atoms with Crippen molar-refractivity contribution in [2.75, 3.05) is 26.2 Å². The molecule has 0 N–H and O–H groups in total. The minimum absolute atomic E-state index is 0.120. The zero-order chi connectivity index (χ0) is 13.0. The van der Waals surface area contributed by atoms with Crippen molar-refractivity contribution in [3.8, 4) is 5.75 Å². The van der Waals surface area contributed by atoms with Gasteiger partial charge in [0.2, 0.25) is 0 Å². The van der Waals surface area contributed by atoms with Crippen LogP contribution in [0.25, 0.3) is 0 Å². The molecule has 1 fully saturated rings. The molecule has 0 aromatic heterocycles.